The molecule has 6 heteroatoms. The van der Waals surface area contributed by atoms with Crippen molar-refractivity contribution < 1.29 is 29.2 Å². The normalized spacial score (nSPS) is 11.0. The molecule has 0 unspecified atom stereocenters. The second kappa shape index (κ2) is 8.44. The minimum Gasteiger partial charge on any atom is -0.504 e. The summed E-state index contributed by atoms with van der Waals surface area (Å²) in [4.78, 5) is 10.2. The molecule has 0 bridgehead atoms. The summed E-state index contributed by atoms with van der Waals surface area (Å²) in [6, 6.07) is 8.22. The van der Waals surface area contributed by atoms with Crippen LogP contribution in [0, 0.1) is 0 Å². The zero-order valence-corrected chi connectivity index (χ0v) is 13.8. The second-order valence-corrected chi connectivity index (χ2v) is 4.96. The number of hydrogen-bond acceptors (Lipinski definition) is 6. The van der Waals surface area contributed by atoms with E-state index in [-0.39, 0.29) is 17.2 Å². The van der Waals surface area contributed by atoms with Crippen molar-refractivity contribution in [2.24, 2.45) is 0 Å². The fourth-order valence-electron chi connectivity index (χ4n) is 2.16. The molecule has 25 heavy (non-hydrogen) atoms. The summed E-state index contributed by atoms with van der Waals surface area (Å²) in [5.41, 5.74) is 1.97. The van der Waals surface area contributed by atoms with Gasteiger partial charge in [-0.25, -0.2) is 0 Å². The van der Waals surface area contributed by atoms with E-state index >= 15 is 0 Å². The van der Waals surface area contributed by atoms with E-state index in [9.17, 15) is 15.0 Å². The van der Waals surface area contributed by atoms with Gasteiger partial charge in [0.1, 0.15) is 0 Å². The topological polar surface area (TPSA) is 85.2 Å². The lowest BCUT2D eigenvalue weighted by atomic mass is 10.1. The zero-order valence-electron chi connectivity index (χ0n) is 13.8. The number of hydrogen-bond donors (Lipinski definition) is 2. The number of phenols is 2. The van der Waals surface area contributed by atoms with Gasteiger partial charge < -0.3 is 24.4 Å². The lowest BCUT2D eigenvalue weighted by Crippen LogP contribution is -1.88. The van der Waals surface area contributed by atoms with Crippen LogP contribution >= 0.6 is 0 Å². The van der Waals surface area contributed by atoms with E-state index in [0.29, 0.717) is 23.3 Å². The third kappa shape index (κ3) is 4.54. The maximum Gasteiger partial charge on any atom is 0.297 e. The van der Waals surface area contributed by atoms with Gasteiger partial charge in [0, 0.05) is 5.56 Å². The van der Waals surface area contributed by atoms with Crippen LogP contribution in [-0.4, -0.2) is 30.9 Å². The van der Waals surface area contributed by atoms with Crippen LogP contribution in [0.4, 0.5) is 0 Å². The smallest absolute Gasteiger partial charge is 0.297 e. The van der Waals surface area contributed by atoms with Crippen LogP contribution in [0.5, 0.6) is 23.0 Å². The number of rotatable bonds is 7. The zero-order chi connectivity index (χ0) is 18.2. The number of carbonyl (C=O) groups excluding carboxylic acids is 1. The standard InChI is InChI=1S/C19H18O6/c1-23-17-10-13(4-6-16(17)21)3-5-15-9-14(7-8-25-12-20)11-18(24-2)19(15)22/h3-12,21-22H,1-2H3. The van der Waals surface area contributed by atoms with Crippen molar-refractivity contribution in [3.8, 4) is 23.0 Å². The highest BCUT2D eigenvalue weighted by atomic mass is 16.5. The molecule has 0 fully saturated rings. The highest BCUT2D eigenvalue weighted by Crippen LogP contribution is 2.34. The van der Waals surface area contributed by atoms with Gasteiger partial charge in [-0.15, -0.1) is 0 Å². The summed E-state index contributed by atoms with van der Waals surface area (Å²) < 4.78 is 14.7. The van der Waals surface area contributed by atoms with Gasteiger partial charge in [-0.2, -0.15) is 0 Å². The van der Waals surface area contributed by atoms with Crippen LogP contribution in [0.25, 0.3) is 18.2 Å². The lowest BCUT2D eigenvalue weighted by Gasteiger charge is -2.08. The SMILES string of the molecule is COc1cc(C=Cc2cc(C=COC=O)cc(OC)c2O)ccc1O. The van der Waals surface area contributed by atoms with Crippen LogP contribution in [0.1, 0.15) is 16.7 Å². The molecular formula is C19H18O6. The Morgan fingerprint density at radius 2 is 1.60 bits per heavy atom. The second-order valence-electron chi connectivity index (χ2n) is 4.96. The number of methoxy groups -OCH3 is 2. The number of phenolic OH excluding ortho intramolecular Hbond substituents is 2. The predicted molar refractivity (Wildman–Crippen MR) is 94.4 cm³/mol. The van der Waals surface area contributed by atoms with Crippen molar-refractivity contribution >= 4 is 24.7 Å². The molecule has 0 aliphatic heterocycles. The molecule has 0 aromatic heterocycles. The predicted octanol–water partition coefficient (Wildman–Crippen LogP) is 3.43. The maximum absolute atomic E-state index is 10.3. The maximum atomic E-state index is 10.3. The third-order valence-corrected chi connectivity index (χ3v) is 3.40. The third-order valence-electron chi connectivity index (χ3n) is 3.40. The van der Waals surface area contributed by atoms with Gasteiger partial charge in [-0.3, -0.25) is 4.79 Å². The molecule has 2 N–H and O–H groups in total. The molecule has 0 radical (unpaired) electrons. The van der Waals surface area contributed by atoms with E-state index in [4.69, 9.17) is 9.47 Å². The van der Waals surface area contributed by atoms with Gasteiger partial charge in [-0.05, 0) is 41.5 Å². The Morgan fingerprint density at radius 3 is 2.28 bits per heavy atom. The Hall–Kier alpha value is -3.41. The van der Waals surface area contributed by atoms with E-state index < -0.39 is 0 Å². The molecule has 0 saturated carbocycles. The Balaban J connectivity index is 2.37. The first-order chi connectivity index (χ1) is 12.1. The Kier molecular flexibility index (Phi) is 6.06. The molecule has 2 rings (SSSR count). The van der Waals surface area contributed by atoms with E-state index in [1.807, 2.05) is 0 Å². The molecule has 0 aliphatic carbocycles. The van der Waals surface area contributed by atoms with Crippen molar-refractivity contribution in [2.75, 3.05) is 14.2 Å². The van der Waals surface area contributed by atoms with Gasteiger partial charge in [-0.1, -0.05) is 18.2 Å². The van der Waals surface area contributed by atoms with E-state index in [1.54, 1.807) is 42.5 Å². The summed E-state index contributed by atoms with van der Waals surface area (Å²) in [6.45, 7) is 0.313. The van der Waals surface area contributed by atoms with Crippen molar-refractivity contribution in [1.29, 1.82) is 0 Å². The first-order valence-corrected chi connectivity index (χ1v) is 7.30. The first-order valence-electron chi connectivity index (χ1n) is 7.30. The Labute approximate surface area is 145 Å². The fourth-order valence-corrected chi connectivity index (χ4v) is 2.16. The summed E-state index contributed by atoms with van der Waals surface area (Å²) >= 11 is 0. The van der Waals surface area contributed by atoms with Gasteiger partial charge in [0.15, 0.2) is 23.0 Å². The highest BCUT2D eigenvalue weighted by Gasteiger charge is 2.08. The molecular weight excluding hydrogens is 324 g/mol. The van der Waals surface area contributed by atoms with Crippen LogP contribution in [0.15, 0.2) is 36.6 Å². The monoisotopic (exact) mass is 342 g/mol. The van der Waals surface area contributed by atoms with Crippen molar-refractivity contribution in [3.63, 3.8) is 0 Å². The van der Waals surface area contributed by atoms with Gasteiger partial charge in [0.05, 0.1) is 20.5 Å². The molecule has 2 aromatic carbocycles. The molecule has 0 saturated heterocycles. The minimum absolute atomic E-state index is 0.0158. The minimum atomic E-state index is -0.0158. The van der Waals surface area contributed by atoms with E-state index in [0.717, 1.165) is 5.56 Å². The summed E-state index contributed by atoms with van der Waals surface area (Å²) in [6.07, 6.45) is 6.25. The summed E-state index contributed by atoms with van der Waals surface area (Å²) in [7, 11) is 2.92. The molecule has 0 spiro atoms. The Bertz CT molecular complexity index is 808. The highest BCUT2D eigenvalue weighted by molar-refractivity contribution is 5.76. The van der Waals surface area contributed by atoms with Crippen molar-refractivity contribution in [1.82, 2.24) is 0 Å². The number of aromatic hydroxyl groups is 2. The van der Waals surface area contributed by atoms with Crippen LogP contribution in [0.3, 0.4) is 0 Å². The molecule has 0 amide bonds. The number of benzene rings is 2. The molecule has 6 nitrogen and oxygen atoms in total. The van der Waals surface area contributed by atoms with Gasteiger partial charge in [0.25, 0.3) is 6.47 Å². The largest absolute Gasteiger partial charge is 0.504 e. The first kappa shape index (κ1) is 17.9. The fraction of sp³-hybridized carbons (Fsp3) is 0.105. The average Bonchev–Trinajstić information content (AvgIpc) is 2.63. The summed E-state index contributed by atoms with van der Waals surface area (Å²) in [5, 5.41) is 19.9. The summed E-state index contributed by atoms with van der Waals surface area (Å²) in [5.74, 6) is 0.673. The van der Waals surface area contributed by atoms with E-state index in [1.165, 1.54) is 26.5 Å². The quantitative estimate of drug-likeness (QED) is 0.455. The lowest BCUT2D eigenvalue weighted by molar-refractivity contribution is -0.123. The Morgan fingerprint density at radius 1 is 0.880 bits per heavy atom. The van der Waals surface area contributed by atoms with Crippen LogP contribution in [0.2, 0.25) is 0 Å². The van der Waals surface area contributed by atoms with E-state index in [2.05, 4.69) is 4.74 Å². The number of ether oxygens (including phenoxy) is 3. The van der Waals surface area contributed by atoms with Crippen molar-refractivity contribution in [2.45, 2.75) is 0 Å². The molecule has 0 atom stereocenters. The molecule has 0 aliphatic rings. The molecule has 130 valence electrons. The number of carbonyl (C=O) groups is 1. The average molecular weight is 342 g/mol. The van der Waals surface area contributed by atoms with Crippen LogP contribution in [-0.2, 0) is 9.53 Å². The molecule has 0 heterocycles. The van der Waals surface area contributed by atoms with Crippen LogP contribution < -0.4 is 9.47 Å². The molecule has 2 aromatic rings. The van der Waals surface area contributed by atoms with Gasteiger partial charge >= 0.3 is 0 Å². The van der Waals surface area contributed by atoms with Gasteiger partial charge in [0.2, 0.25) is 0 Å². The van der Waals surface area contributed by atoms with Crippen molar-refractivity contribution in [3.05, 3.63) is 53.3 Å².